The fraction of sp³-hybridized carbons (Fsp3) is 0.615. The number of nitrogens with zero attached hydrogens (tertiary/aromatic N) is 2. The smallest absolute Gasteiger partial charge is 0.0931 e. The summed E-state index contributed by atoms with van der Waals surface area (Å²) >= 11 is 0. The van der Waals surface area contributed by atoms with E-state index in [0.717, 1.165) is 24.7 Å². The Morgan fingerprint density at radius 1 is 1.56 bits per heavy atom. The van der Waals surface area contributed by atoms with Crippen molar-refractivity contribution in [2.75, 3.05) is 18.0 Å². The van der Waals surface area contributed by atoms with Gasteiger partial charge in [0.25, 0.3) is 0 Å². The van der Waals surface area contributed by atoms with Gasteiger partial charge in [-0.05, 0) is 31.4 Å². The number of pyridine rings is 1. The molecule has 1 N–H and O–H groups in total. The topological polar surface area (TPSA) is 36.4 Å². The van der Waals surface area contributed by atoms with E-state index < -0.39 is 6.10 Å². The first kappa shape index (κ1) is 11.4. The summed E-state index contributed by atoms with van der Waals surface area (Å²) in [5, 5.41) is 9.38. The normalized spacial score (nSPS) is 22.4. The van der Waals surface area contributed by atoms with Crippen LogP contribution in [0.25, 0.3) is 0 Å². The van der Waals surface area contributed by atoms with Gasteiger partial charge in [0.05, 0.1) is 23.7 Å². The SMILES string of the molecule is CCC1CCN(c2ccc([C@@H](C)O)nc2)C1. The molecule has 0 amide bonds. The average molecular weight is 220 g/mol. The van der Waals surface area contributed by atoms with Gasteiger partial charge >= 0.3 is 0 Å². The van der Waals surface area contributed by atoms with Crippen molar-refractivity contribution in [1.82, 2.24) is 4.98 Å². The van der Waals surface area contributed by atoms with Gasteiger partial charge in [0.2, 0.25) is 0 Å². The Morgan fingerprint density at radius 2 is 2.38 bits per heavy atom. The number of aliphatic hydroxyl groups excluding tert-OH is 1. The third kappa shape index (κ3) is 2.35. The number of rotatable bonds is 3. The summed E-state index contributed by atoms with van der Waals surface area (Å²) in [6.45, 7) is 6.27. The highest BCUT2D eigenvalue weighted by atomic mass is 16.3. The monoisotopic (exact) mass is 220 g/mol. The summed E-state index contributed by atoms with van der Waals surface area (Å²) in [4.78, 5) is 6.66. The third-order valence-electron chi connectivity index (χ3n) is 3.43. The van der Waals surface area contributed by atoms with E-state index >= 15 is 0 Å². The lowest BCUT2D eigenvalue weighted by molar-refractivity contribution is 0.194. The first-order valence-corrected chi connectivity index (χ1v) is 6.09. The molecule has 0 aromatic carbocycles. The van der Waals surface area contributed by atoms with Gasteiger partial charge < -0.3 is 10.0 Å². The molecule has 1 aromatic heterocycles. The lowest BCUT2D eigenvalue weighted by Crippen LogP contribution is -2.19. The summed E-state index contributed by atoms with van der Waals surface area (Å²) in [7, 11) is 0. The molecule has 1 aliphatic rings. The summed E-state index contributed by atoms with van der Waals surface area (Å²) in [6, 6.07) is 3.98. The van der Waals surface area contributed by atoms with E-state index in [0.29, 0.717) is 0 Å². The van der Waals surface area contributed by atoms with Gasteiger partial charge in [-0.15, -0.1) is 0 Å². The predicted octanol–water partition coefficient (Wildman–Crippen LogP) is 2.37. The summed E-state index contributed by atoms with van der Waals surface area (Å²) in [6.07, 6.45) is 3.95. The van der Waals surface area contributed by atoms with Crippen LogP contribution in [0.5, 0.6) is 0 Å². The Hall–Kier alpha value is -1.09. The fourth-order valence-corrected chi connectivity index (χ4v) is 2.23. The minimum atomic E-state index is -0.476. The van der Waals surface area contributed by atoms with Crippen molar-refractivity contribution in [3.8, 4) is 0 Å². The second-order valence-electron chi connectivity index (χ2n) is 4.63. The molecule has 3 heteroatoms. The van der Waals surface area contributed by atoms with Crippen LogP contribution in [0.4, 0.5) is 5.69 Å². The van der Waals surface area contributed by atoms with Crippen molar-refractivity contribution < 1.29 is 5.11 Å². The molecular weight excluding hydrogens is 200 g/mol. The van der Waals surface area contributed by atoms with Crippen molar-refractivity contribution in [3.05, 3.63) is 24.0 Å². The van der Waals surface area contributed by atoms with Gasteiger partial charge in [-0.2, -0.15) is 0 Å². The van der Waals surface area contributed by atoms with Crippen LogP contribution < -0.4 is 4.90 Å². The Balaban J connectivity index is 2.05. The van der Waals surface area contributed by atoms with Crippen molar-refractivity contribution >= 4 is 5.69 Å². The number of hydrogen-bond acceptors (Lipinski definition) is 3. The molecule has 1 aromatic rings. The molecule has 88 valence electrons. The maximum Gasteiger partial charge on any atom is 0.0931 e. The second kappa shape index (κ2) is 4.83. The van der Waals surface area contributed by atoms with Gasteiger partial charge in [0.1, 0.15) is 0 Å². The van der Waals surface area contributed by atoms with Gasteiger partial charge in [0, 0.05) is 13.1 Å². The van der Waals surface area contributed by atoms with E-state index in [1.165, 1.54) is 18.5 Å². The molecule has 1 fully saturated rings. The number of aliphatic hydroxyl groups is 1. The highest BCUT2D eigenvalue weighted by molar-refractivity contribution is 5.45. The van der Waals surface area contributed by atoms with E-state index in [9.17, 15) is 5.11 Å². The zero-order valence-electron chi connectivity index (χ0n) is 10.1. The molecule has 0 saturated carbocycles. The lowest BCUT2D eigenvalue weighted by atomic mass is 10.1. The minimum Gasteiger partial charge on any atom is -0.387 e. The van der Waals surface area contributed by atoms with E-state index in [1.54, 1.807) is 6.92 Å². The molecule has 0 spiro atoms. The van der Waals surface area contributed by atoms with Crippen molar-refractivity contribution in [1.29, 1.82) is 0 Å². The second-order valence-corrected chi connectivity index (χ2v) is 4.63. The molecule has 2 rings (SSSR count). The summed E-state index contributed by atoms with van der Waals surface area (Å²) in [5.74, 6) is 0.830. The lowest BCUT2D eigenvalue weighted by Gasteiger charge is -2.18. The third-order valence-corrected chi connectivity index (χ3v) is 3.43. The Labute approximate surface area is 97.1 Å². The molecule has 0 bridgehead atoms. The molecule has 3 nitrogen and oxygen atoms in total. The Kier molecular flexibility index (Phi) is 3.44. The molecule has 0 aliphatic carbocycles. The van der Waals surface area contributed by atoms with Crippen molar-refractivity contribution in [2.24, 2.45) is 5.92 Å². The molecular formula is C13H20N2O. The summed E-state index contributed by atoms with van der Waals surface area (Å²) in [5.41, 5.74) is 1.93. The number of aromatic nitrogens is 1. The van der Waals surface area contributed by atoms with Gasteiger partial charge in [-0.25, -0.2) is 0 Å². The zero-order valence-corrected chi connectivity index (χ0v) is 10.1. The standard InChI is InChI=1S/C13H20N2O/c1-3-11-6-7-15(9-11)12-4-5-13(10(2)16)14-8-12/h4-5,8,10-11,16H,3,6-7,9H2,1-2H3/t10-,11?/m1/s1. The highest BCUT2D eigenvalue weighted by Gasteiger charge is 2.21. The maximum absolute atomic E-state index is 9.38. The van der Waals surface area contributed by atoms with Crippen LogP contribution in [0.15, 0.2) is 18.3 Å². The maximum atomic E-state index is 9.38. The molecule has 1 unspecified atom stereocenters. The highest BCUT2D eigenvalue weighted by Crippen LogP contribution is 2.25. The zero-order chi connectivity index (χ0) is 11.5. The first-order valence-electron chi connectivity index (χ1n) is 6.09. The molecule has 0 radical (unpaired) electrons. The average Bonchev–Trinajstić information content (AvgIpc) is 2.77. The van der Waals surface area contributed by atoms with Crippen molar-refractivity contribution in [3.63, 3.8) is 0 Å². The predicted molar refractivity (Wildman–Crippen MR) is 65.5 cm³/mol. The summed E-state index contributed by atoms with van der Waals surface area (Å²) < 4.78 is 0. The van der Waals surface area contributed by atoms with E-state index in [-0.39, 0.29) is 0 Å². The van der Waals surface area contributed by atoms with Crippen LogP contribution >= 0.6 is 0 Å². The van der Waals surface area contributed by atoms with Gasteiger partial charge in [-0.1, -0.05) is 13.3 Å². The number of anilines is 1. The molecule has 16 heavy (non-hydrogen) atoms. The Bertz CT molecular complexity index is 334. The van der Waals surface area contributed by atoms with E-state index in [1.807, 2.05) is 12.3 Å². The van der Waals surface area contributed by atoms with Crippen LogP contribution in [0.2, 0.25) is 0 Å². The van der Waals surface area contributed by atoms with E-state index in [2.05, 4.69) is 22.9 Å². The Morgan fingerprint density at radius 3 is 2.88 bits per heavy atom. The van der Waals surface area contributed by atoms with Gasteiger partial charge in [-0.3, -0.25) is 4.98 Å². The van der Waals surface area contributed by atoms with Gasteiger partial charge in [0.15, 0.2) is 0 Å². The van der Waals surface area contributed by atoms with Crippen LogP contribution in [0.3, 0.4) is 0 Å². The minimum absolute atomic E-state index is 0.476. The largest absolute Gasteiger partial charge is 0.387 e. The van der Waals surface area contributed by atoms with E-state index in [4.69, 9.17) is 0 Å². The molecule has 2 heterocycles. The quantitative estimate of drug-likeness (QED) is 0.849. The molecule has 1 saturated heterocycles. The molecule has 2 atom stereocenters. The van der Waals surface area contributed by atoms with Crippen LogP contribution in [0.1, 0.15) is 38.5 Å². The molecule has 1 aliphatic heterocycles. The first-order chi connectivity index (χ1) is 7.70. The van der Waals surface area contributed by atoms with Crippen LogP contribution in [0, 0.1) is 5.92 Å². The van der Waals surface area contributed by atoms with Crippen LogP contribution in [-0.4, -0.2) is 23.2 Å². The number of hydrogen-bond donors (Lipinski definition) is 1. The van der Waals surface area contributed by atoms with Crippen molar-refractivity contribution in [2.45, 2.75) is 32.8 Å². The fourth-order valence-electron chi connectivity index (χ4n) is 2.23. The van der Waals surface area contributed by atoms with Crippen LogP contribution in [-0.2, 0) is 0 Å².